The van der Waals surface area contributed by atoms with Crippen LogP contribution in [0.1, 0.15) is 24.8 Å². The second-order valence-electron chi connectivity index (χ2n) is 5.69. The van der Waals surface area contributed by atoms with E-state index in [4.69, 9.17) is 0 Å². The topological polar surface area (TPSA) is 66.9 Å². The van der Waals surface area contributed by atoms with E-state index in [1.807, 2.05) is 6.07 Å². The monoisotopic (exact) mass is 314 g/mol. The van der Waals surface area contributed by atoms with Crippen LogP contribution < -0.4 is 10.6 Å². The van der Waals surface area contributed by atoms with Gasteiger partial charge >= 0.3 is 0 Å². The van der Waals surface area contributed by atoms with Gasteiger partial charge in [0.2, 0.25) is 5.91 Å². The van der Waals surface area contributed by atoms with Crippen molar-refractivity contribution < 1.29 is 9.18 Å². The summed E-state index contributed by atoms with van der Waals surface area (Å²) in [5, 5.41) is 13.9. The van der Waals surface area contributed by atoms with Crippen molar-refractivity contribution >= 4 is 17.5 Å². The van der Waals surface area contributed by atoms with Gasteiger partial charge in [-0.3, -0.25) is 4.79 Å². The maximum Gasteiger partial charge on any atom is 0.228 e. The van der Waals surface area contributed by atoms with Crippen molar-refractivity contribution in [2.45, 2.75) is 25.7 Å². The van der Waals surface area contributed by atoms with Crippen molar-refractivity contribution in [3.05, 3.63) is 47.8 Å². The molecule has 2 aromatic rings. The number of carbonyl (C=O) groups is 1. The van der Waals surface area contributed by atoms with Gasteiger partial charge in [-0.15, -0.1) is 10.2 Å². The van der Waals surface area contributed by atoms with Crippen molar-refractivity contribution in [1.82, 2.24) is 10.2 Å². The van der Waals surface area contributed by atoms with Crippen LogP contribution in [0.25, 0.3) is 0 Å². The molecule has 0 bridgehead atoms. The first-order chi connectivity index (χ1) is 11.2. The number of nitrogens with zero attached hydrogens (tertiary/aromatic N) is 2. The molecular weight excluding hydrogens is 295 g/mol. The van der Waals surface area contributed by atoms with Gasteiger partial charge in [-0.25, -0.2) is 4.39 Å². The van der Waals surface area contributed by atoms with Gasteiger partial charge in [-0.05, 0) is 43.0 Å². The van der Waals surface area contributed by atoms with Crippen LogP contribution in [-0.2, 0) is 11.2 Å². The minimum Gasteiger partial charge on any atom is -0.368 e. The van der Waals surface area contributed by atoms with Crippen molar-refractivity contribution in [2.75, 3.05) is 17.2 Å². The summed E-state index contributed by atoms with van der Waals surface area (Å²) in [5.41, 5.74) is 0.664. The fraction of sp³-hybridized carbons (Fsp3) is 0.353. The van der Waals surface area contributed by atoms with Crippen LogP contribution >= 0.6 is 0 Å². The Kier molecular flexibility index (Phi) is 4.80. The van der Waals surface area contributed by atoms with Crippen LogP contribution in [0.2, 0.25) is 0 Å². The van der Waals surface area contributed by atoms with Gasteiger partial charge in [0.05, 0.1) is 0 Å². The maximum absolute atomic E-state index is 13.5. The second kappa shape index (κ2) is 7.17. The number of nitrogens with one attached hydrogen (secondary N) is 2. The number of amides is 1. The lowest BCUT2D eigenvalue weighted by Crippen LogP contribution is -2.28. The Morgan fingerprint density at radius 3 is 2.52 bits per heavy atom. The van der Waals surface area contributed by atoms with E-state index in [9.17, 15) is 9.18 Å². The standard InChI is InChI=1S/C17H19FN4O/c18-14-7-2-1-4-12(14)10-11-19-15-8-9-16(22-21-15)20-17(23)13-5-3-6-13/h1-2,4,7-9,13H,3,5-6,10-11H2,(H,19,21)(H,20,22,23). The van der Waals surface area contributed by atoms with E-state index in [2.05, 4.69) is 20.8 Å². The minimum absolute atomic E-state index is 0.0193. The third kappa shape index (κ3) is 4.03. The molecule has 6 heteroatoms. The van der Waals surface area contributed by atoms with Gasteiger partial charge in [-0.2, -0.15) is 0 Å². The molecule has 0 unspecified atom stereocenters. The molecule has 120 valence electrons. The molecule has 0 spiro atoms. The molecule has 1 aliphatic rings. The molecule has 1 fully saturated rings. The van der Waals surface area contributed by atoms with E-state index < -0.39 is 0 Å². The van der Waals surface area contributed by atoms with E-state index in [-0.39, 0.29) is 17.6 Å². The Labute approximate surface area is 134 Å². The Hall–Kier alpha value is -2.50. The molecule has 1 aromatic carbocycles. The summed E-state index contributed by atoms with van der Waals surface area (Å²) in [4.78, 5) is 11.8. The first kappa shape index (κ1) is 15.4. The lowest BCUT2D eigenvalue weighted by Gasteiger charge is -2.23. The summed E-state index contributed by atoms with van der Waals surface area (Å²) in [6, 6.07) is 10.2. The highest BCUT2D eigenvalue weighted by atomic mass is 19.1. The zero-order valence-corrected chi connectivity index (χ0v) is 12.8. The molecule has 5 nitrogen and oxygen atoms in total. The van der Waals surface area contributed by atoms with Crippen molar-refractivity contribution in [1.29, 1.82) is 0 Å². The second-order valence-corrected chi connectivity index (χ2v) is 5.69. The number of carbonyl (C=O) groups excluding carboxylic acids is 1. The Bertz CT molecular complexity index is 671. The van der Waals surface area contributed by atoms with Crippen LogP contribution in [0, 0.1) is 11.7 Å². The van der Waals surface area contributed by atoms with Crippen molar-refractivity contribution in [3.8, 4) is 0 Å². The molecule has 1 aliphatic carbocycles. The largest absolute Gasteiger partial charge is 0.368 e. The smallest absolute Gasteiger partial charge is 0.228 e. The molecule has 1 heterocycles. The summed E-state index contributed by atoms with van der Waals surface area (Å²) in [6.45, 7) is 0.559. The lowest BCUT2D eigenvalue weighted by atomic mass is 9.85. The number of benzene rings is 1. The number of hydrogen-bond donors (Lipinski definition) is 2. The molecule has 0 atom stereocenters. The fourth-order valence-electron chi connectivity index (χ4n) is 2.42. The third-order valence-electron chi connectivity index (χ3n) is 4.05. The highest BCUT2D eigenvalue weighted by molar-refractivity contribution is 5.92. The van der Waals surface area contributed by atoms with Gasteiger partial charge in [0.1, 0.15) is 11.6 Å². The minimum atomic E-state index is -0.200. The fourth-order valence-corrected chi connectivity index (χ4v) is 2.42. The van der Waals surface area contributed by atoms with Crippen LogP contribution in [0.15, 0.2) is 36.4 Å². The van der Waals surface area contributed by atoms with Gasteiger partial charge in [0.25, 0.3) is 0 Å². The van der Waals surface area contributed by atoms with E-state index in [0.717, 1.165) is 19.3 Å². The van der Waals surface area contributed by atoms with Gasteiger partial charge in [0, 0.05) is 12.5 Å². The molecule has 0 saturated heterocycles. The predicted molar refractivity (Wildman–Crippen MR) is 86.6 cm³/mol. The molecule has 2 N–H and O–H groups in total. The molecule has 0 aliphatic heterocycles. The van der Waals surface area contributed by atoms with Crippen LogP contribution in [-0.4, -0.2) is 22.6 Å². The lowest BCUT2D eigenvalue weighted by molar-refractivity contribution is -0.122. The zero-order chi connectivity index (χ0) is 16.1. The Morgan fingerprint density at radius 1 is 1.13 bits per heavy atom. The maximum atomic E-state index is 13.5. The number of aromatic nitrogens is 2. The average molecular weight is 314 g/mol. The summed E-state index contributed by atoms with van der Waals surface area (Å²) < 4.78 is 13.5. The quantitative estimate of drug-likeness (QED) is 0.860. The van der Waals surface area contributed by atoms with Crippen molar-refractivity contribution in [3.63, 3.8) is 0 Å². The number of rotatable bonds is 6. The first-order valence-corrected chi connectivity index (χ1v) is 7.84. The average Bonchev–Trinajstić information content (AvgIpc) is 2.49. The molecular formula is C17H19FN4O. The summed E-state index contributed by atoms with van der Waals surface area (Å²) in [5.74, 6) is 1.00. The molecule has 1 aromatic heterocycles. The van der Waals surface area contributed by atoms with E-state index >= 15 is 0 Å². The summed E-state index contributed by atoms with van der Waals surface area (Å²) in [6.07, 6.45) is 3.59. The Balaban J connectivity index is 1.47. The molecule has 0 radical (unpaired) electrons. The predicted octanol–water partition coefficient (Wildman–Crippen LogP) is 3.01. The molecule has 3 rings (SSSR count). The van der Waals surface area contributed by atoms with E-state index in [1.165, 1.54) is 6.07 Å². The number of anilines is 2. The highest BCUT2D eigenvalue weighted by Crippen LogP contribution is 2.27. The molecule has 23 heavy (non-hydrogen) atoms. The zero-order valence-electron chi connectivity index (χ0n) is 12.8. The summed E-state index contributed by atoms with van der Waals surface area (Å²) >= 11 is 0. The van der Waals surface area contributed by atoms with E-state index in [0.29, 0.717) is 30.2 Å². The van der Waals surface area contributed by atoms with Crippen LogP contribution in [0.5, 0.6) is 0 Å². The number of halogens is 1. The third-order valence-corrected chi connectivity index (χ3v) is 4.05. The van der Waals surface area contributed by atoms with E-state index in [1.54, 1.807) is 24.3 Å². The van der Waals surface area contributed by atoms with Crippen molar-refractivity contribution in [2.24, 2.45) is 5.92 Å². The molecule has 1 amide bonds. The highest BCUT2D eigenvalue weighted by Gasteiger charge is 2.25. The number of hydrogen-bond acceptors (Lipinski definition) is 4. The first-order valence-electron chi connectivity index (χ1n) is 7.84. The van der Waals surface area contributed by atoms with Gasteiger partial charge < -0.3 is 10.6 Å². The summed E-state index contributed by atoms with van der Waals surface area (Å²) in [7, 11) is 0. The SMILES string of the molecule is O=C(Nc1ccc(NCCc2ccccc2F)nn1)C1CCC1. The van der Waals surface area contributed by atoms with Crippen LogP contribution in [0.3, 0.4) is 0 Å². The van der Waals surface area contributed by atoms with Gasteiger partial charge in [-0.1, -0.05) is 24.6 Å². The normalized spacial score (nSPS) is 14.1. The van der Waals surface area contributed by atoms with Gasteiger partial charge in [0.15, 0.2) is 5.82 Å². The Morgan fingerprint density at radius 2 is 1.87 bits per heavy atom. The van der Waals surface area contributed by atoms with Crippen LogP contribution in [0.4, 0.5) is 16.0 Å². The molecule has 1 saturated carbocycles.